The largest absolute Gasteiger partial charge is 2.00 e. The number of hydrogen-bond donors (Lipinski definition) is 4. The second kappa shape index (κ2) is 7.20. The minimum atomic E-state index is -0.912. The van der Waals surface area contributed by atoms with Crippen molar-refractivity contribution in [2.24, 2.45) is 0 Å². The van der Waals surface area contributed by atoms with Crippen molar-refractivity contribution in [1.82, 2.24) is 5.32 Å². The van der Waals surface area contributed by atoms with E-state index in [4.69, 9.17) is 10.2 Å². The summed E-state index contributed by atoms with van der Waals surface area (Å²) in [5.41, 5.74) is 0.672. The van der Waals surface area contributed by atoms with E-state index >= 15 is 0 Å². The second-order valence-electron chi connectivity index (χ2n) is 3.13. The molecule has 0 bridgehead atoms. The fourth-order valence-corrected chi connectivity index (χ4v) is 1.18. The molecule has 0 aliphatic rings. The van der Waals surface area contributed by atoms with Crippen molar-refractivity contribution in [1.29, 1.82) is 0 Å². The zero-order valence-electron chi connectivity index (χ0n) is 8.81. The molecule has 1 aromatic carbocycles. The molecule has 0 spiro atoms. The third-order valence-electron chi connectivity index (χ3n) is 1.92. The van der Waals surface area contributed by atoms with Crippen LogP contribution in [0, 0.1) is 0 Å². The van der Waals surface area contributed by atoms with Gasteiger partial charge >= 0.3 is 25.4 Å². The Morgan fingerprint density at radius 2 is 2.00 bits per heavy atom. The Hall–Kier alpha value is -1.13. The molecule has 0 atom stereocenters. The molecule has 0 aliphatic heterocycles. The molecular weight excluding hydrogens is 264 g/mol. The smallest absolute Gasteiger partial charge is 0.508 e. The summed E-state index contributed by atoms with van der Waals surface area (Å²) in [7, 11) is 0. The summed E-state index contributed by atoms with van der Waals surface area (Å²) in [6, 6.07) is 4.34. The van der Waals surface area contributed by atoms with Crippen molar-refractivity contribution in [3.63, 3.8) is 0 Å². The van der Waals surface area contributed by atoms with E-state index in [0.29, 0.717) is 18.5 Å². The van der Waals surface area contributed by atoms with Crippen molar-refractivity contribution >= 4 is 5.97 Å². The van der Waals surface area contributed by atoms with Crippen molar-refractivity contribution < 1.29 is 39.6 Å². The average molecular weight is 277 g/mol. The molecule has 1 rings (SSSR count). The van der Waals surface area contributed by atoms with Crippen LogP contribution in [0.15, 0.2) is 18.2 Å². The Bertz CT molecular complexity index is 357. The molecule has 1 aromatic rings. The van der Waals surface area contributed by atoms with E-state index in [9.17, 15) is 9.90 Å². The van der Waals surface area contributed by atoms with Crippen molar-refractivity contribution in [2.45, 2.75) is 6.42 Å². The molecule has 4 N–H and O–H groups in total. The number of phenols is 2. The van der Waals surface area contributed by atoms with Crippen LogP contribution in [0.25, 0.3) is 0 Å². The molecule has 0 heterocycles. The summed E-state index contributed by atoms with van der Waals surface area (Å²) >= 11 is 0. The van der Waals surface area contributed by atoms with Crippen molar-refractivity contribution in [3.8, 4) is 11.5 Å². The number of nitrogens with one attached hydrogen (secondary N) is 1. The van der Waals surface area contributed by atoms with E-state index in [1.165, 1.54) is 12.1 Å². The fraction of sp³-hybridized carbons (Fsp3) is 0.300. The Kier molecular flexibility index (Phi) is 6.69. The molecule has 16 heavy (non-hydrogen) atoms. The van der Waals surface area contributed by atoms with E-state index in [0.717, 1.165) is 0 Å². The Labute approximate surface area is 106 Å². The quantitative estimate of drug-likeness (QED) is 0.459. The molecule has 0 saturated carbocycles. The Morgan fingerprint density at radius 3 is 2.56 bits per heavy atom. The maximum atomic E-state index is 10.2. The van der Waals surface area contributed by atoms with Crippen molar-refractivity contribution in [2.75, 3.05) is 13.1 Å². The van der Waals surface area contributed by atoms with Crippen LogP contribution in [-0.4, -0.2) is 34.4 Å². The summed E-state index contributed by atoms with van der Waals surface area (Å²) < 4.78 is 0. The monoisotopic (exact) mass is 275 g/mol. The van der Waals surface area contributed by atoms with Crippen LogP contribution in [0.4, 0.5) is 0 Å². The van der Waals surface area contributed by atoms with E-state index in [-0.39, 0.29) is 37.5 Å². The molecule has 0 radical (unpaired) electrons. The maximum absolute atomic E-state index is 10.2. The average Bonchev–Trinajstić information content (AvgIpc) is 2.14. The van der Waals surface area contributed by atoms with Crippen LogP contribution in [-0.2, 0) is 30.7 Å². The number of carboxylic acids is 1. The number of phenolic OH excluding ortho intramolecular Hbond substituents is 2. The first-order valence-corrected chi connectivity index (χ1v) is 4.53. The zero-order chi connectivity index (χ0) is 11.3. The molecule has 0 amide bonds. The van der Waals surface area contributed by atoms with Gasteiger partial charge in [0.1, 0.15) is 11.5 Å². The number of aliphatic carboxylic acids is 1. The third-order valence-corrected chi connectivity index (χ3v) is 1.92. The van der Waals surface area contributed by atoms with Gasteiger partial charge in [-0.25, -0.2) is 0 Å². The number of carboxylic acid groups (broad SMARTS) is 1. The zero-order valence-corrected chi connectivity index (χ0v) is 11.8. The molecule has 82 valence electrons. The molecule has 0 fully saturated rings. The topological polar surface area (TPSA) is 89.8 Å². The van der Waals surface area contributed by atoms with E-state index in [1.807, 2.05) is 0 Å². The number of hydrogen-bond acceptors (Lipinski definition) is 4. The predicted molar refractivity (Wildman–Crippen MR) is 54.0 cm³/mol. The van der Waals surface area contributed by atoms with Gasteiger partial charge in [0.15, 0.2) is 0 Å². The van der Waals surface area contributed by atoms with Gasteiger partial charge in [-0.1, -0.05) is 6.07 Å². The van der Waals surface area contributed by atoms with Gasteiger partial charge in [-0.2, -0.15) is 0 Å². The van der Waals surface area contributed by atoms with Gasteiger partial charge in [0.25, 0.3) is 0 Å². The minimum Gasteiger partial charge on any atom is -0.508 e. The van der Waals surface area contributed by atoms with Gasteiger partial charge < -0.3 is 20.6 Å². The maximum Gasteiger partial charge on any atom is 2.00 e. The summed E-state index contributed by atoms with van der Waals surface area (Å²) in [4.78, 5) is 10.2. The second-order valence-corrected chi connectivity index (χ2v) is 3.13. The van der Waals surface area contributed by atoms with Gasteiger partial charge in [0.2, 0.25) is 0 Å². The number of carbonyl (C=O) groups is 1. The predicted octanol–water partition coefficient (Wildman–Crippen LogP) is 0.312. The molecule has 6 heteroatoms. The molecule has 0 unspecified atom stereocenters. The molecule has 0 saturated heterocycles. The van der Waals surface area contributed by atoms with Crippen LogP contribution in [0.3, 0.4) is 0 Å². The number of benzene rings is 1. The van der Waals surface area contributed by atoms with Crippen LogP contribution in [0.1, 0.15) is 5.56 Å². The first kappa shape index (κ1) is 14.9. The molecular formula is C10H13NO4Zn+2. The molecule has 0 aromatic heterocycles. The minimum absolute atomic E-state index is 0. The first-order valence-electron chi connectivity index (χ1n) is 4.53. The summed E-state index contributed by atoms with van der Waals surface area (Å²) in [5.74, 6) is -0.883. The van der Waals surface area contributed by atoms with Crippen LogP contribution in [0.2, 0.25) is 0 Å². The van der Waals surface area contributed by atoms with Crippen LogP contribution in [0.5, 0.6) is 11.5 Å². The number of aromatic hydroxyl groups is 2. The SMILES string of the molecule is O=C(O)CNCCc1ccc(O)cc1O.[Zn+2]. The van der Waals surface area contributed by atoms with E-state index in [2.05, 4.69) is 5.32 Å². The fourth-order valence-electron chi connectivity index (χ4n) is 1.18. The first-order chi connectivity index (χ1) is 7.09. The van der Waals surface area contributed by atoms with E-state index < -0.39 is 5.97 Å². The van der Waals surface area contributed by atoms with Crippen LogP contribution < -0.4 is 5.32 Å². The molecule has 0 aliphatic carbocycles. The molecule has 5 nitrogen and oxygen atoms in total. The van der Waals surface area contributed by atoms with Gasteiger partial charge in [-0.3, -0.25) is 4.79 Å². The van der Waals surface area contributed by atoms with Gasteiger partial charge in [-0.15, -0.1) is 0 Å². The summed E-state index contributed by atoms with van der Waals surface area (Å²) in [6.45, 7) is 0.365. The van der Waals surface area contributed by atoms with Crippen LogP contribution >= 0.6 is 0 Å². The Balaban J connectivity index is 0.00000225. The van der Waals surface area contributed by atoms with Gasteiger partial charge in [-0.05, 0) is 24.6 Å². The van der Waals surface area contributed by atoms with Gasteiger partial charge in [0, 0.05) is 6.07 Å². The Morgan fingerprint density at radius 1 is 1.31 bits per heavy atom. The third kappa shape index (κ3) is 5.09. The van der Waals surface area contributed by atoms with Gasteiger partial charge in [0.05, 0.1) is 6.54 Å². The normalized spacial score (nSPS) is 9.50. The standard InChI is InChI=1S/C10H13NO4.Zn/c12-8-2-1-7(9(13)5-8)3-4-11-6-10(14)15;/h1-2,5,11-13H,3-4,6H2,(H,14,15);/q;+2. The summed E-state index contributed by atoms with van der Waals surface area (Å²) in [5, 5.41) is 29.5. The number of rotatable bonds is 5. The van der Waals surface area contributed by atoms with Crippen molar-refractivity contribution in [3.05, 3.63) is 23.8 Å². The van der Waals surface area contributed by atoms with E-state index in [1.54, 1.807) is 6.07 Å². The summed E-state index contributed by atoms with van der Waals surface area (Å²) in [6.07, 6.45) is 0.513.